The molecule has 18 heavy (non-hydrogen) atoms. The monoisotopic (exact) mass is 269 g/mol. The van der Waals surface area contributed by atoms with Crippen molar-refractivity contribution in [2.45, 2.75) is 12.8 Å². The van der Waals surface area contributed by atoms with Gasteiger partial charge in [-0.05, 0) is 18.2 Å². The highest BCUT2D eigenvalue weighted by atomic mass is 32.1. The number of aromatic nitrogens is 1. The first-order chi connectivity index (χ1) is 8.56. The molecule has 0 fully saturated rings. The minimum atomic E-state index is -0.915. The fraction of sp³-hybridized carbons (Fsp3) is 0.167. The van der Waals surface area contributed by atoms with Crippen LogP contribution in [0.1, 0.15) is 12.1 Å². The third kappa shape index (κ3) is 2.89. The Labute approximate surface area is 106 Å². The molecule has 0 amide bonds. The molecule has 0 bridgehead atoms. The van der Waals surface area contributed by atoms with Gasteiger partial charge in [-0.25, -0.2) is 13.8 Å². The summed E-state index contributed by atoms with van der Waals surface area (Å²) in [5.41, 5.74) is 0.669. The van der Waals surface area contributed by atoms with E-state index in [4.69, 9.17) is 5.11 Å². The molecular weight excluding hydrogens is 260 g/mol. The summed E-state index contributed by atoms with van der Waals surface area (Å²) < 4.78 is 26.5. The van der Waals surface area contributed by atoms with Crippen LogP contribution in [0.25, 0.3) is 10.6 Å². The molecule has 0 aliphatic rings. The number of rotatable bonds is 4. The Morgan fingerprint density at radius 2 is 2.17 bits per heavy atom. The number of hydrogen-bond donors (Lipinski definition) is 1. The number of benzene rings is 1. The Kier molecular flexibility index (Phi) is 3.66. The van der Waals surface area contributed by atoms with E-state index in [1.807, 2.05) is 0 Å². The Morgan fingerprint density at radius 1 is 1.39 bits per heavy atom. The second-order valence-electron chi connectivity index (χ2n) is 3.66. The van der Waals surface area contributed by atoms with Crippen molar-refractivity contribution in [1.82, 2.24) is 4.98 Å². The van der Waals surface area contributed by atoms with E-state index in [-0.39, 0.29) is 18.4 Å². The highest BCUT2D eigenvalue weighted by Crippen LogP contribution is 2.27. The second-order valence-corrected chi connectivity index (χ2v) is 4.52. The molecule has 1 aromatic heterocycles. The first-order valence-electron chi connectivity index (χ1n) is 5.18. The third-order valence-corrected chi connectivity index (χ3v) is 3.23. The molecule has 2 aromatic rings. The van der Waals surface area contributed by atoms with Crippen LogP contribution in [0.5, 0.6) is 0 Å². The predicted molar refractivity (Wildman–Crippen MR) is 63.4 cm³/mol. The average Bonchev–Trinajstić information content (AvgIpc) is 2.78. The van der Waals surface area contributed by atoms with Crippen LogP contribution in [0, 0.1) is 11.6 Å². The van der Waals surface area contributed by atoms with Crippen molar-refractivity contribution in [3.05, 3.63) is 40.9 Å². The van der Waals surface area contributed by atoms with Crippen molar-refractivity contribution in [3.8, 4) is 10.6 Å². The van der Waals surface area contributed by atoms with Crippen LogP contribution < -0.4 is 0 Å². The van der Waals surface area contributed by atoms with Gasteiger partial charge in [-0.1, -0.05) is 0 Å². The molecule has 0 aliphatic heterocycles. The Balaban J connectivity index is 2.23. The SMILES string of the molecule is O=C(O)CCc1csc(-c2cc(F)ccc2F)n1. The lowest BCUT2D eigenvalue weighted by atomic mass is 10.2. The molecular formula is C12H9F2NO2S. The summed E-state index contributed by atoms with van der Waals surface area (Å²) in [6.07, 6.45) is 0.248. The van der Waals surface area contributed by atoms with Crippen LogP contribution in [0.4, 0.5) is 8.78 Å². The summed E-state index contributed by atoms with van der Waals surface area (Å²) in [4.78, 5) is 14.5. The molecule has 3 nitrogen and oxygen atoms in total. The highest BCUT2D eigenvalue weighted by molar-refractivity contribution is 7.13. The number of halogens is 2. The van der Waals surface area contributed by atoms with Crippen molar-refractivity contribution in [3.63, 3.8) is 0 Å². The number of aryl methyl sites for hydroxylation is 1. The lowest BCUT2D eigenvalue weighted by Crippen LogP contribution is -1.97. The molecule has 6 heteroatoms. The average molecular weight is 269 g/mol. The van der Waals surface area contributed by atoms with Crippen LogP contribution in [0.3, 0.4) is 0 Å². The molecule has 1 aromatic carbocycles. The first kappa shape index (κ1) is 12.6. The van der Waals surface area contributed by atoms with Crippen molar-refractivity contribution in [2.75, 3.05) is 0 Å². The first-order valence-corrected chi connectivity index (χ1v) is 6.06. The normalized spacial score (nSPS) is 10.6. The van der Waals surface area contributed by atoms with Crippen molar-refractivity contribution >= 4 is 17.3 Å². The maximum Gasteiger partial charge on any atom is 0.303 e. The third-order valence-electron chi connectivity index (χ3n) is 2.31. The maximum atomic E-state index is 13.5. The Bertz CT molecular complexity index is 583. The van der Waals surface area contributed by atoms with Gasteiger partial charge in [0.2, 0.25) is 0 Å². The van der Waals surface area contributed by atoms with Gasteiger partial charge in [0.05, 0.1) is 12.1 Å². The summed E-state index contributed by atoms with van der Waals surface area (Å²) in [7, 11) is 0. The quantitative estimate of drug-likeness (QED) is 0.927. The van der Waals surface area contributed by atoms with E-state index < -0.39 is 17.6 Å². The number of carboxylic acids is 1. The molecule has 0 saturated carbocycles. The predicted octanol–water partition coefficient (Wildman–Crippen LogP) is 3.11. The summed E-state index contributed by atoms with van der Waals surface area (Å²) in [6.45, 7) is 0. The molecule has 2 rings (SSSR count). The minimum absolute atomic E-state index is 0.0329. The van der Waals surface area contributed by atoms with Crippen LogP contribution in [-0.2, 0) is 11.2 Å². The number of carbonyl (C=O) groups is 1. The minimum Gasteiger partial charge on any atom is -0.481 e. The van der Waals surface area contributed by atoms with Crippen molar-refractivity contribution < 1.29 is 18.7 Å². The number of aliphatic carboxylic acids is 1. The fourth-order valence-electron chi connectivity index (χ4n) is 1.44. The van der Waals surface area contributed by atoms with Gasteiger partial charge in [0.25, 0.3) is 0 Å². The van der Waals surface area contributed by atoms with Crippen LogP contribution in [0.2, 0.25) is 0 Å². The topological polar surface area (TPSA) is 50.2 Å². The van der Waals surface area contributed by atoms with Gasteiger partial charge in [0.1, 0.15) is 16.6 Å². The Morgan fingerprint density at radius 3 is 2.89 bits per heavy atom. The van der Waals surface area contributed by atoms with E-state index in [1.165, 1.54) is 11.3 Å². The largest absolute Gasteiger partial charge is 0.481 e. The number of hydrogen-bond acceptors (Lipinski definition) is 3. The molecule has 0 saturated heterocycles. The van der Waals surface area contributed by atoms with E-state index in [0.717, 1.165) is 18.2 Å². The zero-order valence-electron chi connectivity index (χ0n) is 9.19. The lowest BCUT2D eigenvalue weighted by Gasteiger charge is -1.98. The fourth-order valence-corrected chi connectivity index (χ4v) is 2.31. The molecule has 1 N–H and O–H groups in total. The summed E-state index contributed by atoms with van der Waals surface area (Å²) in [5, 5.41) is 10.6. The summed E-state index contributed by atoms with van der Waals surface area (Å²) in [6, 6.07) is 3.16. The molecule has 0 aliphatic carbocycles. The van der Waals surface area contributed by atoms with E-state index in [9.17, 15) is 13.6 Å². The molecule has 1 heterocycles. The number of nitrogens with zero attached hydrogens (tertiary/aromatic N) is 1. The lowest BCUT2D eigenvalue weighted by molar-refractivity contribution is -0.136. The number of thiazole rings is 1. The molecule has 0 atom stereocenters. The second kappa shape index (κ2) is 5.22. The molecule has 0 unspecified atom stereocenters. The standard InChI is InChI=1S/C12H9F2NO2S/c13-7-1-3-10(14)9(5-7)12-15-8(6-18-12)2-4-11(16)17/h1,3,5-6H,2,4H2,(H,16,17). The van der Waals surface area contributed by atoms with Crippen LogP contribution in [-0.4, -0.2) is 16.1 Å². The zero-order valence-corrected chi connectivity index (χ0v) is 10.0. The smallest absolute Gasteiger partial charge is 0.303 e. The van der Waals surface area contributed by atoms with Gasteiger partial charge in [-0.3, -0.25) is 4.79 Å². The van der Waals surface area contributed by atoms with Gasteiger partial charge in [0.15, 0.2) is 0 Å². The molecule has 0 spiro atoms. The molecule has 94 valence electrons. The molecule has 0 radical (unpaired) electrons. The van der Waals surface area contributed by atoms with Gasteiger partial charge < -0.3 is 5.11 Å². The Hall–Kier alpha value is -1.82. The van der Waals surface area contributed by atoms with E-state index in [1.54, 1.807) is 5.38 Å². The summed E-state index contributed by atoms with van der Waals surface area (Å²) in [5.74, 6) is -1.99. The highest BCUT2D eigenvalue weighted by Gasteiger charge is 2.11. The van der Waals surface area contributed by atoms with E-state index in [0.29, 0.717) is 10.7 Å². The van der Waals surface area contributed by atoms with Crippen LogP contribution >= 0.6 is 11.3 Å². The van der Waals surface area contributed by atoms with Crippen molar-refractivity contribution in [1.29, 1.82) is 0 Å². The number of carboxylic acid groups (broad SMARTS) is 1. The van der Waals surface area contributed by atoms with Gasteiger partial charge in [-0.2, -0.15) is 0 Å². The van der Waals surface area contributed by atoms with Gasteiger partial charge in [0, 0.05) is 17.4 Å². The van der Waals surface area contributed by atoms with E-state index >= 15 is 0 Å². The van der Waals surface area contributed by atoms with Crippen LogP contribution in [0.15, 0.2) is 23.6 Å². The summed E-state index contributed by atoms with van der Waals surface area (Å²) >= 11 is 1.17. The van der Waals surface area contributed by atoms with Gasteiger partial charge in [-0.15, -0.1) is 11.3 Å². The maximum absolute atomic E-state index is 13.5. The van der Waals surface area contributed by atoms with Crippen molar-refractivity contribution in [2.24, 2.45) is 0 Å². The van der Waals surface area contributed by atoms with E-state index in [2.05, 4.69) is 4.98 Å². The zero-order chi connectivity index (χ0) is 13.1. The van der Waals surface area contributed by atoms with Gasteiger partial charge >= 0.3 is 5.97 Å².